The van der Waals surface area contributed by atoms with Crippen molar-refractivity contribution in [2.45, 2.75) is 40.0 Å². The second-order valence-electron chi connectivity index (χ2n) is 4.21. The third kappa shape index (κ3) is 3.32. The Hall–Kier alpha value is -1.39. The summed E-state index contributed by atoms with van der Waals surface area (Å²) in [6, 6.07) is 0. The molecule has 5 nitrogen and oxygen atoms in total. The monoisotopic (exact) mass is 225 g/mol. The number of H-pyrrole nitrogens is 1. The highest BCUT2D eigenvalue weighted by Crippen LogP contribution is 2.22. The van der Waals surface area contributed by atoms with Crippen molar-refractivity contribution in [1.82, 2.24) is 15.2 Å². The number of esters is 1. The molecule has 0 aromatic carbocycles. The van der Waals surface area contributed by atoms with Gasteiger partial charge >= 0.3 is 5.97 Å². The van der Waals surface area contributed by atoms with E-state index in [0.29, 0.717) is 30.6 Å². The van der Waals surface area contributed by atoms with Crippen LogP contribution in [0.1, 0.15) is 44.8 Å². The predicted octanol–water partition coefficient (Wildman–Crippen LogP) is 1.81. The number of ether oxygens (including phenoxy) is 1. The molecule has 90 valence electrons. The van der Waals surface area contributed by atoms with Gasteiger partial charge in [-0.1, -0.05) is 13.8 Å². The highest BCUT2D eigenvalue weighted by Gasteiger charge is 2.26. The van der Waals surface area contributed by atoms with Gasteiger partial charge in [0.05, 0.1) is 6.61 Å². The molecule has 0 bridgehead atoms. The summed E-state index contributed by atoms with van der Waals surface area (Å²) < 4.78 is 5.04. The maximum absolute atomic E-state index is 11.8. The Balaban J connectivity index is 2.82. The van der Waals surface area contributed by atoms with Crippen molar-refractivity contribution < 1.29 is 9.53 Å². The fourth-order valence-electron chi connectivity index (χ4n) is 1.54. The Morgan fingerprint density at radius 1 is 1.50 bits per heavy atom. The third-order valence-electron chi connectivity index (χ3n) is 2.20. The average Bonchev–Trinajstić information content (AvgIpc) is 2.61. The van der Waals surface area contributed by atoms with Gasteiger partial charge in [0.15, 0.2) is 5.82 Å². The van der Waals surface area contributed by atoms with Crippen LogP contribution in [0, 0.1) is 12.8 Å². The molecule has 0 radical (unpaired) electrons. The maximum atomic E-state index is 11.8. The van der Waals surface area contributed by atoms with Crippen molar-refractivity contribution in [2.75, 3.05) is 6.61 Å². The molecule has 1 N–H and O–H groups in total. The molecule has 5 heteroatoms. The fraction of sp³-hybridized carbons (Fsp3) is 0.727. The van der Waals surface area contributed by atoms with Gasteiger partial charge < -0.3 is 4.74 Å². The van der Waals surface area contributed by atoms with Crippen molar-refractivity contribution in [2.24, 2.45) is 5.92 Å². The number of rotatable bonds is 5. The van der Waals surface area contributed by atoms with E-state index < -0.39 is 0 Å². The molecule has 1 heterocycles. The number of aromatic amines is 1. The SMILES string of the molecule is CCOC(=O)C(CC(C)C)c1n[nH]c(C)n1. The molecule has 0 aliphatic heterocycles. The van der Waals surface area contributed by atoms with Crippen LogP contribution >= 0.6 is 0 Å². The second-order valence-corrected chi connectivity index (χ2v) is 4.21. The lowest BCUT2D eigenvalue weighted by molar-refractivity contribution is -0.145. The van der Waals surface area contributed by atoms with Gasteiger partial charge in [0, 0.05) is 0 Å². The minimum Gasteiger partial charge on any atom is -0.465 e. The molecule has 1 rings (SSSR count). The Labute approximate surface area is 95.6 Å². The summed E-state index contributed by atoms with van der Waals surface area (Å²) in [7, 11) is 0. The predicted molar refractivity (Wildman–Crippen MR) is 59.9 cm³/mol. The van der Waals surface area contributed by atoms with Crippen molar-refractivity contribution in [3.05, 3.63) is 11.6 Å². The molecule has 0 amide bonds. The maximum Gasteiger partial charge on any atom is 0.316 e. The van der Waals surface area contributed by atoms with Crippen LogP contribution in [0.5, 0.6) is 0 Å². The van der Waals surface area contributed by atoms with Crippen LogP contribution in [-0.2, 0) is 9.53 Å². The molecular weight excluding hydrogens is 206 g/mol. The van der Waals surface area contributed by atoms with Gasteiger partial charge in [-0.2, -0.15) is 5.10 Å². The van der Waals surface area contributed by atoms with E-state index >= 15 is 0 Å². The Kier molecular flexibility index (Phi) is 4.46. The Morgan fingerprint density at radius 2 is 2.19 bits per heavy atom. The normalized spacial score (nSPS) is 12.8. The van der Waals surface area contributed by atoms with Gasteiger partial charge in [0.2, 0.25) is 0 Å². The first-order chi connectivity index (χ1) is 7.54. The minimum absolute atomic E-state index is 0.241. The van der Waals surface area contributed by atoms with E-state index in [-0.39, 0.29) is 11.9 Å². The largest absolute Gasteiger partial charge is 0.465 e. The molecule has 0 fully saturated rings. The van der Waals surface area contributed by atoms with Crippen LogP contribution in [0.2, 0.25) is 0 Å². The molecule has 0 aliphatic rings. The number of nitrogens with zero attached hydrogens (tertiary/aromatic N) is 2. The summed E-state index contributed by atoms with van der Waals surface area (Å²) in [5, 5.41) is 6.79. The van der Waals surface area contributed by atoms with Gasteiger partial charge in [-0.25, -0.2) is 4.98 Å². The first kappa shape index (κ1) is 12.7. The highest BCUT2D eigenvalue weighted by atomic mass is 16.5. The summed E-state index contributed by atoms with van der Waals surface area (Å²) >= 11 is 0. The van der Waals surface area contributed by atoms with Crippen LogP contribution in [0.4, 0.5) is 0 Å². The van der Waals surface area contributed by atoms with Crippen LogP contribution < -0.4 is 0 Å². The van der Waals surface area contributed by atoms with Gasteiger partial charge in [0.1, 0.15) is 11.7 Å². The summed E-state index contributed by atoms with van der Waals surface area (Å²) in [5.74, 6) is 1.05. The molecule has 1 aromatic rings. The Morgan fingerprint density at radius 3 is 2.62 bits per heavy atom. The molecule has 1 atom stereocenters. The van der Waals surface area contributed by atoms with Crippen molar-refractivity contribution in [1.29, 1.82) is 0 Å². The van der Waals surface area contributed by atoms with Gasteiger partial charge in [0.25, 0.3) is 0 Å². The molecule has 0 aliphatic carbocycles. The van der Waals surface area contributed by atoms with E-state index in [1.54, 1.807) is 6.92 Å². The summed E-state index contributed by atoms with van der Waals surface area (Å²) in [5.41, 5.74) is 0. The summed E-state index contributed by atoms with van der Waals surface area (Å²) in [4.78, 5) is 16.0. The van der Waals surface area contributed by atoms with E-state index in [4.69, 9.17) is 4.74 Å². The van der Waals surface area contributed by atoms with Crippen molar-refractivity contribution in [3.8, 4) is 0 Å². The summed E-state index contributed by atoms with van der Waals surface area (Å²) in [6.45, 7) is 8.12. The van der Waals surface area contributed by atoms with Gasteiger partial charge in [-0.05, 0) is 26.2 Å². The van der Waals surface area contributed by atoms with Gasteiger partial charge in [-0.3, -0.25) is 9.89 Å². The highest BCUT2D eigenvalue weighted by molar-refractivity contribution is 5.77. The Bertz CT molecular complexity index is 347. The van der Waals surface area contributed by atoms with E-state index in [9.17, 15) is 4.79 Å². The van der Waals surface area contributed by atoms with Crippen LogP contribution in [-0.4, -0.2) is 27.8 Å². The molecule has 0 saturated carbocycles. The zero-order chi connectivity index (χ0) is 12.1. The van der Waals surface area contributed by atoms with Crippen LogP contribution in [0.15, 0.2) is 0 Å². The van der Waals surface area contributed by atoms with E-state index in [1.165, 1.54) is 0 Å². The third-order valence-corrected chi connectivity index (χ3v) is 2.20. The minimum atomic E-state index is -0.357. The number of hydrogen-bond acceptors (Lipinski definition) is 4. The first-order valence-corrected chi connectivity index (χ1v) is 5.60. The molecule has 1 aromatic heterocycles. The van der Waals surface area contributed by atoms with E-state index in [1.807, 2.05) is 6.92 Å². The second kappa shape index (κ2) is 5.63. The zero-order valence-electron chi connectivity index (χ0n) is 10.3. The number of aromatic nitrogens is 3. The lowest BCUT2D eigenvalue weighted by atomic mass is 9.96. The number of carbonyl (C=O) groups is 1. The van der Waals surface area contributed by atoms with E-state index in [2.05, 4.69) is 29.0 Å². The van der Waals surface area contributed by atoms with Gasteiger partial charge in [-0.15, -0.1) is 0 Å². The lowest BCUT2D eigenvalue weighted by Crippen LogP contribution is -2.19. The molecule has 1 unspecified atom stereocenters. The fourth-order valence-corrected chi connectivity index (χ4v) is 1.54. The average molecular weight is 225 g/mol. The zero-order valence-corrected chi connectivity index (χ0v) is 10.3. The number of aryl methyl sites for hydroxylation is 1. The lowest BCUT2D eigenvalue weighted by Gasteiger charge is -2.14. The van der Waals surface area contributed by atoms with Crippen LogP contribution in [0.3, 0.4) is 0 Å². The quantitative estimate of drug-likeness (QED) is 0.776. The first-order valence-electron chi connectivity index (χ1n) is 5.60. The van der Waals surface area contributed by atoms with E-state index in [0.717, 1.165) is 0 Å². The smallest absolute Gasteiger partial charge is 0.316 e. The number of nitrogens with one attached hydrogen (secondary N) is 1. The number of carbonyl (C=O) groups excluding carboxylic acids is 1. The standard InChI is InChI=1S/C11H19N3O2/c1-5-16-11(15)9(6-7(2)3)10-12-8(4)13-14-10/h7,9H,5-6H2,1-4H3,(H,12,13,14). The molecule has 0 spiro atoms. The summed E-state index contributed by atoms with van der Waals surface area (Å²) in [6.07, 6.45) is 0.704. The molecule has 16 heavy (non-hydrogen) atoms. The molecule has 0 saturated heterocycles. The molecular formula is C11H19N3O2. The number of hydrogen-bond donors (Lipinski definition) is 1. The van der Waals surface area contributed by atoms with Crippen molar-refractivity contribution in [3.63, 3.8) is 0 Å². The topological polar surface area (TPSA) is 67.9 Å². The van der Waals surface area contributed by atoms with Crippen molar-refractivity contribution >= 4 is 5.97 Å². The van der Waals surface area contributed by atoms with Crippen LogP contribution in [0.25, 0.3) is 0 Å².